The van der Waals surface area contributed by atoms with Gasteiger partial charge in [0.05, 0.1) is 6.04 Å². The van der Waals surface area contributed by atoms with E-state index in [0.717, 1.165) is 43.6 Å². The molecule has 2 aromatic carbocycles. The maximum absolute atomic E-state index is 13.5. The molecule has 2 aliphatic heterocycles. The third-order valence-electron chi connectivity index (χ3n) is 9.04. The molecular formula is C30H43N3O3. The number of carbonyl (C=O) groups is 1. The van der Waals surface area contributed by atoms with Crippen LogP contribution in [0.1, 0.15) is 57.2 Å². The van der Waals surface area contributed by atoms with Crippen molar-refractivity contribution in [2.24, 2.45) is 11.8 Å². The second kappa shape index (κ2) is 10.8. The molecule has 0 aliphatic carbocycles. The maximum Gasteiger partial charge on any atom is 0.237 e. The zero-order valence-corrected chi connectivity index (χ0v) is 22.5. The van der Waals surface area contributed by atoms with Gasteiger partial charge in [-0.25, -0.2) is 0 Å². The zero-order chi connectivity index (χ0) is 26.0. The third-order valence-corrected chi connectivity index (χ3v) is 9.04. The molecule has 196 valence electrons. The van der Waals surface area contributed by atoms with Crippen LogP contribution in [0.2, 0.25) is 0 Å². The quantitative estimate of drug-likeness (QED) is 0.537. The predicted octanol–water partition coefficient (Wildman–Crippen LogP) is 4.28. The van der Waals surface area contributed by atoms with E-state index >= 15 is 0 Å². The molecule has 0 unspecified atom stereocenters. The number of hydrogen-bond donors (Lipinski definition) is 3. The van der Waals surface area contributed by atoms with Crippen LogP contribution in [0.15, 0.2) is 42.5 Å². The smallest absolute Gasteiger partial charge is 0.237 e. The summed E-state index contributed by atoms with van der Waals surface area (Å²) in [7, 11) is 1.99. The van der Waals surface area contributed by atoms with Gasteiger partial charge >= 0.3 is 0 Å². The number of nitrogens with zero attached hydrogens (tertiary/aromatic N) is 2. The monoisotopic (exact) mass is 493 g/mol. The number of rotatable bonds is 7. The minimum absolute atomic E-state index is 0.0248. The summed E-state index contributed by atoms with van der Waals surface area (Å²) < 4.78 is 0. The number of hydrogen-bond acceptors (Lipinski definition) is 5. The van der Waals surface area contributed by atoms with Gasteiger partial charge in [-0.15, -0.1) is 0 Å². The molecule has 6 nitrogen and oxygen atoms in total. The van der Waals surface area contributed by atoms with Crippen LogP contribution < -0.4 is 5.32 Å². The minimum atomic E-state index is -0.206. The highest BCUT2D eigenvalue weighted by Gasteiger charge is 2.39. The van der Waals surface area contributed by atoms with Crippen molar-refractivity contribution in [2.45, 2.75) is 71.0 Å². The van der Waals surface area contributed by atoms with E-state index < -0.39 is 0 Å². The molecule has 36 heavy (non-hydrogen) atoms. The number of benzene rings is 2. The Hall–Kier alpha value is -2.57. The number of phenolic OH excluding ortho intramolecular Hbond substituents is 2. The first kappa shape index (κ1) is 26.5. The van der Waals surface area contributed by atoms with E-state index in [0.29, 0.717) is 30.6 Å². The van der Waals surface area contributed by atoms with Gasteiger partial charge in [-0.05, 0) is 84.6 Å². The van der Waals surface area contributed by atoms with Crippen molar-refractivity contribution >= 4 is 5.91 Å². The fourth-order valence-electron chi connectivity index (χ4n) is 5.98. The van der Waals surface area contributed by atoms with Crippen LogP contribution in [0.25, 0.3) is 0 Å². The number of phenols is 2. The summed E-state index contributed by atoms with van der Waals surface area (Å²) in [5, 5.41) is 23.3. The molecule has 4 rings (SSSR count). The van der Waals surface area contributed by atoms with Gasteiger partial charge in [0.1, 0.15) is 11.5 Å². The van der Waals surface area contributed by atoms with Gasteiger partial charge in [-0.1, -0.05) is 52.3 Å². The van der Waals surface area contributed by atoms with Crippen molar-refractivity contribution in [3.05, 3.63) is 59.2 Å². The van der Waals surface area contributed by atoms with Gasteiger partial charge in [-0.3, -0.25) is 9.69 Å². The fourth-order valence-corrected chi connectivity index (χ4v) is 5.98. The Morgan fingerprint density at radius 3 is 2.61 bits per heavy atom. The Morgan fingerprint density at radius 2 is 1.92 bits per heavy atom. The summed E-state index contributed by atoms with van der Waals surface area (Å²) in [6.45, 7) is 12.5. The minimum Gasteiger partial charge on any atom is -0.508 e. The van der Waals surface area contributed by atoms with Crippen molar-refractivity contribution in [1.29, 1.82) is 0 Å². The highest BCUT2D eigenvalue weighted by molar-refractivity contribution is 5.82. The average molecular weight is 494 g/mol. The van der Waals surface area contributed by atoms with Crippen molar-refractivity contribution in [2.75, 3.05) is 26.7 Å². The Morgan fingerprint density at radius 1 is 1.17 bits per heavy atom. The van der Waals surface area contributed by atoms with Crippen LogP contribution in [-0.2, 0) is 23.2 Å². The van der Waals surface area contributed by atoms with Crippen LogP contribution in [-0.4, -0.2) is 64.7 Å². The lowest BCUT2D eigenvalue weighted by atomic mass is 9.68. The molecule has 0 radical (unpaired) electrons. The molecule has 1 saturated heterocycles. The van der Waals surface area contributed by atoms with Crippen LogP contribution in [0.4, 0.5) is 0 Å². The lowest BCUT2D eigenvalue weighted by Gasteiger charge is -2.46. The first-order valence-corrected chi connectivity index (χ1v) is 13.4. The van der Waals surface area contributed by atoms with Gasteiger partial charge in [0.2, 0.25) is 5.91 Å². The number of nitrogens with one attached hydrogen (secondary N) is 1. The lowest BCUT2D eigenvalue weighted by Crippen LogP contribution is -2.56. The van der Waals surface area contributed by atoms with Crippen LogP contribution in [0.5, 0.6) is 11.5 Å². The summed E-state index contributed by atoms with van der Waals surface area (Å²) in [6, 6.07) is 13.1. The van der Waals surface area contributed by atoms with E-state index in [-0.39, 0.29) is 29.2 Å². The van der Waals surface area contributed by atoms with E-state index in [1.165, 1.54) is 5.56 Å². The lowest BCUT2D eigenvalue weighted by molar-refractivity contribution is -0.127. The normalized spacial score (nSPS) is 26.7. The standard InChI is InChI=1S/C30H43N3O3/c1-6-20(2)27(31-29(36)28-15-22-10-11-26(35)14-23(22)18-32(28)5)19-33-13-12-30(4,21(3)17-33)24-8-7-9-25(34)16-24/h7-11,14,16,20-21,27-28,34-35H,6,12-13,15,17-19H2,1-5H3,(H,31,36)/t20-,21-,27+,28+,30+/m0/s1. The molecule has 0 bridgehead atoms. The third kappa shape index (κ3) is 5.55. The van der Waals surface area contributed by atoms with E-state index in [4.69, 9.17) is 0 Å². The Balaban J connectivity index is 1.42. The van der Waals surface area contributed by atoms with Crippen molar-refractivity contribution in [1.82, 2.24) is 15.1 Å². The number of aromatic hydroxyl groups is 2. The second-order valence-electron chi connectivity index (χ2n) is 11.5. The van der Waals surface area contributed by atoms with Gasteiger partial charge in [0.25, 0.3) is 0 Å². The Labute approximate surface area is 216 Å². The van der Waals surface area contributed by atoms with Gasteiger partial charge in [0.15, 0.2) is 0 Å². The van der Waals surface area contributed by atoms with Gasteiger partial charge < -0.3 is 20.4 Å². The number of carbonyl (C=O) groups excluding carboxylic acids is 1. The zero-order valence-electron chi connectivity index (χ0n) is 22.5. The first-order valence-electron chi connectivity index (χ1n) is 13.4. The molecular weight excluding hydrogens is 450 g/mol. The molecule has 2 aromatic rings. The largest absolute Gasteiger partial charge is 0.508 e. The molecule has 0 saturated carbocycles. The predicted molar refractivity (Wildman–Crippen MR) is 144 cm³/mol. The molecule has 5 atom stereocenters. The Kier molecular flexibility index (Phi) is 7.96. The number of likely N-dealkylation sites (tertiary alicyclic amines) is 1. The maximum atomic E-state index is 13.5. The highest BCUT2D eigenvalue weighted by Crippen LogP contribution is 2.40. The Bertz CT molecular complexity index is 1070. The van der Waals surface area contributed by atoms with Crippen molar-refractivity contribution < 1.29 is 15.0 Å². The summed E-state index contributed by atoms with van der Waals surface area (Å²) >= 11 is 0. The molecule has 1 amide bonds. The average Bonchev–Trinajstić information content (AvgIpc) is 2.84. The van der Waals surface area contributed by atoms with Crippen LogP contribution >= 0.6 is 0 Å². The van der Waals surface area contributed by atoms with E-state index in [1.54, 1.807) is 12.1 Å². The van der Waals surface area contributed by atoms with Crippen LogP contribution in [0.3, 0.4) is 0 Å². The molecule has 3 N–H and O–H groups in total. The topological polar surface area (TPSA) is 76.0 Å². The van der Waals surface area contributed by atoms with Gasteiger partial charge in [-0.2, -0.15) is 0 Å². The van der Waals surface area contributed by atoms with Crippen molar-refractivity contribution in [3.63, 3.8) is 0 Å². The van der Waals surface area contributed by atoms with Gasteiger partial charge in [0, 0.05) is 25.7 Å². The highest BCUT2D eigenvalue weighted by atomic mass is 16.3. The van der Waals surface area contributed by atoms with E-state index in [9.17, 15) is 15.0 Å². The van der Waals surface area contributed by atoms with E-state index in [1.807, 2.05) is 31.3 Å². The molecule has 1 fully saturated rings. The molecule has 2 heterocycles. The summed E-state index contributed by atoms with van der Waals surface area (Å²) in [4.78, 5) is 18.1. The molecule has 0 aromatic heterocycles. The number of amides is 1. The summed E-state index contributed by atoms with van der Waals surface area (Å²) in [6.07, 6.45) is 2.69. The van der Waals surface area contributed by atoms with Crippen LogP contribution in [0, 0.1) is 11.8 Å². The van der Waals surface area contributed by atoms with E-state index in [2.05, 4.69) is 48.9 Å². The first-order chi connectivity index (χ1) is 17.1. The fraction of sp³-hybridized carbons (Fsp3) is 0.567. The summed E-state index contributed by atoms with van der Waals surface area (Å²) in [5.41, 5.74) is 3.46. The molecule has 6 heteroatoms. The molecule has 0 spiro atoms. The van der Waals surface area contributed by atoms with Crippen molar-refractivity contribution in [3.8, 4) is 11.5 Å². The summed E-state index contributed by atoms with van der Waals surface area (Å²) in [5.74, 6) is 1.50. The number of piperidine rings is 1. The second-order valence-corrected chi connectivity index (χ2v) is 11.5. The number of fused-ring (bicyclic) bond motifs is 1. The number of likely N-dealkylation sites (N-methyl/N-ethyl adjacent to an activating group) is 1. The molecule has 2 aliphatic rings. The SMILES string of the molecule is CC[C@H](C)[C@@H](CN1CC[C@@](C)(c2cccc(O)c2)[C@@H](C)C1)NC(=O)[C@H]1Cc2ccc(O)cc2CN1C.